The van der Waals surface area contributed by atoms with Gasteiger partial charge in [-0.2, -0.15) is 9.15 Å². The summed E-state index contributed by atoms with van der Waals surface area (Å²) in [5.41, 5.74) is 9.06. The Morgan fingerprint density at radius 3 is 1.33 bits per heavy atom. The van der Waals surface area contributed by atoms with Crippen LogP contribution in [0.25, 0.3) is 21.5 Å². The third kappa shape index (κ3) is 6.47. The summed E-state index contributed by atoms with van der Waals surface area (Å²) in [4.78, 5) is 26.9. The summed E-state index contributed by atoms with van der Waals surface area (Å²) in [6, 6.07) is 31.2. The molecular weight excluding hydrogens is 713 g/mol. The molecule has 0 bridgehead atoms. The molecule has 0 amide bonds. The van der Waals surface area contributed by atoms with Gasteiger partial charge in [-0.05, 0) is 84.3 Å². The SMILES string of the molecule is C(CC1=[N+](CCCCCC[N+]2=C(CC=Nc3ncccn3)C3(CCCC3)c3c2ccc2ccccc32)c2ccc3ccccc3c2C12CCCC2)=Nc1ncccn1. The molecule has 2 aliphatic carbocycles. The first kappa shape index (κ1) is 36.6. The molecule has 8 nitrogen and oxygen atoms in total. The van der Waals surface area contributed by atoms with Crippen molar-refractivity contribution in [3.8, 4) is 0 Å². The van der Waals surface area contributed by atoms with Crippen LogP contribution in [0.3, 0.4) is 0 Å². The number of hydrogen-bond donors (Lipinski definition) is 0. The van der Waals surface area contributed by atoms with Crippen LogP contribution in [0, 0.1) is 0 Å². The van der Waals surface area contributed by atoms with Crippen molar-refractivity contribution in [2.24, 2.45) is 9.98 Å². The predicted octanol–water partition coefficient (Wildman–Crippen LogP) is 11.2. The minimum Gasteiger partial charge on any atom is -0.224 e. The molecule has 0 atom stereocenters. The van der Waals surface area contributed by atoms with Crippen molar-refractivity contribution in [2.45, 2.75) is 101 Å². The molecule has 0 unspecified atom stereocenters. The highest BCUT2D eigenvalue weighted by Crippen LogP contribution is 2.54. The summed E-state index contributed by atoms with van der Waals surface area (Å²) in [6.07, 6.45) is 27.3. The molecule has 0 saturated heterocycles. The van der Waals surface area contributed by atoms with Gasteiger partial charge in [-0.1, -0.05) is 74.2 Å². The van der Waals surface area contributed by atoms with Gasteiger partial charge in [0.15, 0.2) is 11.4 Å². The van der Waals surface area contributed by atoms with Gasteiger partial charge in [0.2, 0.25) is 23.3 Å². The lowest BCUT2D eigenvalue weighted by atomic mass is 9.73. The van der Waals surface area contributed by atoms with Crippen molar-refractivity contribution in [3.63, 3.8) is 0 Å². The summed E-state index contributed by atoms with van der Waals surface area (Å²) in [6.45, 7) is 2.05. The topological polar surface area (TPSA) is 82.3 Å². The van der Waals surface area contributed by atoms with Gasteiger partial charge in [0, 0.05) is 73.3 Å². The van der Waals surface area contributed by atoms with E-state index < -0.39 is 0 Å². The lowest BCUT2D eigenvalue weighted by Crippen LogP contribution is -2.33. The molecule has 8 heteroatoms. The molecule has 4 aliphatic rings. The number of nitrogens with zero attached hydrogens (tertiary/aromatic N) is 8. The van der Waals surface area contributed by atoms with Crippen LogP contribution in [0.4, 0.5) is 23.3 Å². The molecule has 2 saturated carbocycles. The van der Waals surface area contributed by atoms with Crippen molar-refractivity contribution in [1.29, 1.82) is 0 Å². The standard InChI is InChI=1S/C50H52N8/c1(11-35-57-41-21-19-37-15-3-5-17-39(37)45(41)49(25-7-8-26-49)43(57)23-33-55-47-51-29-13-30-52-47)2-12-36-58-42-22-20-38-16-4-6-18-40(38)46(42)50(27-9-10-28-50)44(58)24-34-56-48-53-31-14-32-54-48/h3-6,13-22,29-34H,1-2,7-12,23-28,35-36H2/q+2. The Hall–Kier alpha value is -5.76. The van der Waals surface area contributed by atoms with Crippen molar-refractivity contribution < 1.29 is 9.15 Å². The Balaban J connectivity index is 0.910. The molecule has 6 aromatic rings. The second-order valence-corrected chi connectivity index (χ2v) is 16.7. The molecule has 4 aromatic carbocycles. The number of aliphatic imine (C=N–C) groups is 2. The van der Waals surface area contributed by atoms with Gasteiger partial charge in [0.05, 0.1) is 23.7 Å². The lowest BCUT2D eigenvalue weighted by Gasteiger charge is -2.23. The zero-order valence-corrected chi connectivity index (χ0v) is 33.4. The molecule has 2 aliphatic heterocycles. The first-order valence-electron chi connectivity index (χ1n) is 21.7. The van der Waals surface area contributed by atoms with E-state index >= 15 is 0 Å². The maximum atomic E-state index is 4.73. The minimum absolute atomic E-state index is 0.0610. The van der Waals surface area contributed by atoms with Crippen LogP contribution in [0.5, 0.6) is 0 Å². The number of benzene rings is 4. The third-order valence-corrected chi connectivity index (χ3v) is 13.6. The highest BCUT2D eigenvalue weighted by molar-refractivity contribution is 6.09. The van der Waals surface area contributed by atoms with Gasteiger partial charge >= 0.3 is 0 Å². The van der Waals surface area contributed by atoms with Gasteiger partial charge in [-0.15, -0.1) is 0 Å². The quantitative estimate of drug-likeness (QED) is 0.0666. The van der Waals surface area contributed by atoms with Gasteiger partial charge in [0.1, 0.15) is 13.1 Å². The summed E-state index contributed by atoms with van der Waals surface area (Å²) in [5.74, 6) is 1.06. The highest BCUT2D eigenvalue weighted by Gasteiger charge is 2.55. The van der Waals surface area contributed by atoms with Crippen LogP contribution in [0.2, 0.25) is 0 Å². The molecule has 2 spiro atoms. The zero-order chi connectivity index (χ0) is 38.8. The maximum Gasteiger partial charge on any atom is 0.248 e. The average molecular weight is 765 g/mol. The third-order valence-electron chi connectivity index (χ3n) is 13.6. The van der Waals surface area contributed by atoms with Crippen LogP contribution >= 0.6 is 0 Å². The Morgan fingerprint density at radius 2 is 0.897 bits per heavy atom. The number of aromatic nitrogens is 4. The molecule has 2 fully saturated rings. The Labute approximate surface area is 341 Å². The van der Waals surface area contributed by atoms with E-state index in [-0.39, 0.29) is 10.8 Å². The van der Waals surface area contributed by atoms with Gasteiger partial charge in [-0.3, -0.25) is 0 Å². The second-order valence-electron chi connectivity index (χ2n) is 16.7. The second kappa shape index (κ2) is 15.9. The van der Waals surface area contributed by atoms with Gasteiger partial charge in [0.25, 0.3) is 0 Å². The van der Waals surface area contributed by atoms with Crippen molar-refractivity contribution in [2.75, 3.05) is 13.1 Å². The molecule has 58 heavy (non-hydrogen) atoms. The van der Waals surface area contributed by atoms with Crippen LogP contribution in [-0.4, -0.2) is 66.0 Å². The van der Waals surface area contributed by atoms with E-state index in [0.717, 1.165) is 38.8 Å². The first-order chi connectivity index (χ1) is 28.8. The monoisotopic (exact) mass is 764 g/mol. The largest absolute Gasteiger partial charge is 0.248 e. The molecule has 4 heterocycles. The highest BCUT2D eigenvalue weighted by atomic mass is 15.1. The molecule has 10 rings (SSSR count). The molecule has 0 radical (unpaired) electrons. The van der Waals surface area contributed by atoms with Gasteiger partial charge < -0.3 is 0 Å². The van der Waals surface area contributed by atoms with Crippen molar-refractivity contribution in [1.82, 2.24) is 19.9 Å². The number of hydrogen-bond acceptors (Lipinski definition) is 6. The summed E-state index contributed by atoms with van der Waals surface area (Å²) in [5, 5.41) is 5.51. The normalized spacial score (nSPS) is 18.0. The summed E-state index contributed by atoms with van der Waals surface area (Å²) >= 11 is 0. The fraction of sp³-hybridized carbons (Fsp3) is 0.360. The Bertz CT molecular complexity index is 2400. The Morgan fingerprint density at radius 1 is 0.483 bits per heavy atom. The lowest BCUT2D eigenvalue weighted by molar-refractivity contribution is -0.442. The molecular formula is C50H52N8+2. The van der Waals surface area contributed by atoms with E-state index in [1.165, 1.54) is 109 Å². The van der Waals surface area contributed by atoms with Crippen LogP contribution in [0.15, 0.2) is 120 Å². The summed E-state index contributed by atoms with van der Waals surface area (Å²) in [7, 11) is 0. The smallest absolute Gasteiger partial charge is 0.224 e. The van der Waals surface area contributed by atoms with E-state index in [0.29, 0.717) is 11.9 Å². The predicted molar refractivity (Wildman–Crippen MR) is 236 cm³/mol. The summed E-state index contributed by atoms with van der Waals surface area (Å²) < 4.78 is 5.39. The van der Waals surface area contributed by atoms with E-state index in [9.17, 15) is 0 Å². The maximum absolute atomic E-state index is 4.73. The van der Waals surface area contributed by atoms with E-state index in [4.69, 9.17) is 9.98 Å². The molecule has 2 aromatic heterocycles. The number of rotatable bonds is 13. The molecule has 0 N–H and O–H groups in total. The van der Waals surface area contributed by atoms with Gasteiger partial charge in [-0.25, -0.2) is 29.9 Å². The fourth-order valence-electron chi connectivity index (χ4n) is 11.3. The Kier molecular flexibility index (Phi) is 10.0. The first-order valence-corrected chi connectivity index (χ1v) is 21.7. The fourth-order valence-corrected chi connectivity index (χ4v) is 11.3. The minimum atomic E-state index is 0.0610. The van der Waals surface area contributed by atoms with Crippen LogP contribution in [0.1, 0.15) is 101 Å². The number of fused-ring (bicyclic) bond motifs is 8. The van der Waals surface area contributed by atoms with E-state index in [2.05, 4.69) is 114 Å². The van der Waals surface area contributed by atoms with Crippen molar-refractivity contribution in [3.05, 3.63) is 121 Å². The van der Waals surface area contributed by atoms with Crippen LogP contribution < -0.4 is 0 Å². The van der Waals surface area contributed by atoms with Crippen LogP contribution in [-0.2, 0) is 10.8 Å². The zero-order valence-electron chi connectivity index (χ0n) is 33.4. The van der Waals surface area contributed by atoms with Crippen molar-refractivity contribution >= 4 is 68.7 Å². The number of unbranched alkanes of at least 4 members (excludes halogenated alkanes) is 3. The average Bonchev–Trinajstić information content (AvgIpc) is 4.07. The molecule has 290 valence electrons. The van der Waals surface area contributed by atoms with E-state index in [1.54, 1.807) is 35.9 Å². The van der Waals surface area contributed by atoms with E-state index in [1.807, 2.05) is 12.1 Å².